The van der Waals surface area contributed by atoms with E-state index in [0.29, 0.717) is 0 Å². The Bertz CT molecular complexity index is 2400. The lowest BCUT2D eigenvalue weighted by Crippen LogP contribution is -2.13. The minimum absolute atomic E-state index is 0.0750. The molecule has 1 N–H and O–H groups in total. The van der Waals surface area contributed by atoms with Gasteiger partial charge in [0.1, 0.15) is 0 Å². The van der Waals surface area contributed by atoms with E-state index in [-0.39, 0.29) is 6.04 Å². The van der Waals surface area contributed by atoms with Crippen molar-refractivity contribution in [2.45, 2.75) is 6.04 Å². The highest BCUT2D eigenvalue weighted by molar-refractivity contribution is 7.26. The van der Waals surface area contributed by atoms with Gasteiger partial charge in [-0.15, -0.1) is 11.3 Å². The highest BCUT2D eigenvalue weighted by Gasteiger charge is 2.20. The molecule has 43 heavy (non-hydrogen) atoms. The Balaban J connectivity index is 1.17. The molecule has 1 aliphatic heterocycles. The molecule has 0 bridgehead atoms. The number of nitrogens with one attached hydrogen (secondary N) is 1. The van der Waals surface area contributed by atoms with Gasteiger partial charge in [0, 0.05) is 36.7 Å². The van der Waals surface area contributed by atoms with Crippen LogP contribution >= 0.6 is 11.3 Å². The fourth-order valence-corrected chi connectivity index (χ4v) is 7.78. The Labute approximate surface area is 253 Å². The normalized spacial score (nSPS) is 14.4. The average Bonchev–Trinajstić information content (AvgIpc) is 3.46. The van der Waals surface area contributed by atoms with Gasteiger partial charge in [0.15, 0.2) is 0 Å². The average molecular weight is 567 g/mol. The molecule has 0 amide bonds. The molecule has 8 aromatic rings. The molecule has 3 heteroatoms. The second-order valence-corrected chi connectivity index (χ2v) is 12.3. The van der Waals surface area contributed by atoms with Gasteiger partial charge in [-0.1, -0.05) is 127 Å². The van der Waals surface area contributed by atoms with Crippen molar-refractivity contribution >= 4 is 64.9 Å². The molecule has 0 fully saturated rings. The Hall–Kier alpha value is -5.25. The van der Waals surface area contributed by atoms with Crippen molar-refractivity contribution in [1.29, 1.82) is 0 Å². The zero-order chi connectivity index (χ0) is 28.3. The van der Waals surface area contributed by atoms with Crippen molar-refractivity contribution in [2.24, 2.45) is 0 Å². The van der Waals surface area contributed by atoms with Gasteiger partial charge in [0.2, 0.25) is 0 Å². The number of benzene rings is 6. The first-order chi connectivity index (χ1) is 21.3. The van der Waals surface area contributed by atoms with E-state index in [4.69, 9.17) is 4.98 Å². The maximum absolute atomic E-state index is 5.35. The topological polar surface area (TPSA) is 24.9 Å². The number of nitrogens with zero attached hydrogens (tertiary/aromatic N) is 1. The largest absolute Gasteiger partial charge is 0.372 e. The smallest absolute Gasteiger partial charge is 0.0947 e. The van der Waals surface area contributed by atoms with Gasteiger partial charge in [0.25, 0.3) is 0 Å². The second-order valence-electron chi connectivity index (χ2n) is 11.2. The minimum atomic E-state index is 0.0750. The van der Waals surface area contributed by atoms with Gasteiger partial charge in [-0.05, 0) is 45.7 Å². The third kappa shape index (κ3) is 3.97. The van der Waals surface area contributed by atoms with Crippen molar-refractivity contribution in [2.75, 3.05) is 5.32 Å². The number of rotatable bonds is 3. The van der Waals surface area contributed by atoms with Crippen LogP contribution in [-0.2, 0) is 0 Å². The molecule has 0 aliphatic carbocycles. The summed E-state index contributed by atoms with van der Waals surface area (Å²) >= 11 is 1.87. The van der Waals surface area contributed by atoms with Gasteiger partial charge in [-0.2, -0.15) is 0 Å². The van der Waals surface area contributed by atoms with Crippen LogP contribution in [0, 0.1) is 0 Å². The summed E-state index contributed by atoms with van der Waals surface area (Å²) < 4.78 is 2.64. The van der Waals surface area contributed by atoms with Gasteiger partial charge < -0.3 is 5.32 Å². The number of hydrogen-bond acceptors (Lipinski definition) is 3. The molecule has 0 saturated heterocycles. The van der Waals surface area contributed by atoms with Gasteiger partial charge in [0.05, 0.1) is 22.9 Å². The van der Waals surface area contributed by atoms with Crippen LogP contribution in [0.1, 0.15) is 17.2 Å². The maximum atomic E-state index is 5.35. The van der Waals surface area contributed by atoms with Crippen LogP contribution in [-0.4, -0.2) is 4.98 Å². The summed E-state index contributed by atoms with van der Waals surface area (Å²) in [5.41, 5.74) is 9.08. The minimum Gasteiger partial charge on any atom is -0.372 e. The lowest BCUT2D eigenvalue weighted by molar-refractivity contribution is 0.984. The molecule has 2 aromatic heterocycles. The van der Waals surface area contributed by atoms with Gasteiger partial charge in [-0.3, -0.25) is 0 Å². The van der Waals surface area contributed by atoms with E-state index in [1.165, 1.54) is 47.6 Å². The van der Waals surface area contributed by atoms with E-state index in [9.17, 15) is 0 Å². The molecular weight excluding hydrogens is 541 g/mol. The highest BCUT2D eigenvalue weighted by Crippen LogP contribution is 2.43. The van der Waals surface area contributed by atoms with Crippen molar-refractivity contribution in [3.63, 3.8) is 0 Å². The summed E-state index contributed by atoms with van der Waals surface area (Å²) in [6.07, 6.45) is 4.48. The van der Waals surface area contributed by atoms with Crippen LogP contribution in [0.5, 0.6) is 0 Å². The lowest BCUT2D eigenvalue weighted by atomic mass is 9.94. The molecule has 0 spiro atoms. The first-order valence-electron chi connectivity index (χ1n) is 14.7. The standard InChI is InChI=1S/C40H26N2S/c1-2-9-28-24-29(19-16-25(28)8-1)35-22-20-26-17-18-27-21-23-36(42-39(27)38(26)41-35)31-11-4-3-10-30(31)33-13-7-14-34-32-12-5-6-15-37(32)43-40(33)34/h1-24,35,41H. The molecule has 1 atom stereocenters. The fraction of sp³-hybridized carbons (Fsp3) is 0.0250. The van der Waals surface area contributed by atoms with Crippen LogP contribution in [0.2, 0.25) is 0 Å². The maximum Gasteiger partial charge on any atom is 0.0947 e. The molecule has 202 valence electrons. The molecule has 1 unspecified atom stereocenters. The zero-order valence-electron chi connectivity index (χ0n) is 23.3. The number of pyridine rings is 1. The second kappa shape index (κ2) is 9.65. The summed E-state index contributed by atoms with van der Waals surface area (Å²) in [4.78, 5) is 5.35. The quantitative estimate of drug-likeness (QED) is 0.230. The third-order valence-electron chi connectivity index (χ3n) is 8.69. The SMILES string of the molecule is C1=CC(c2ccc3ccccc3c2)Nc2c1ccc1ccc(-c3ccccc3-c3cccc4c3sc3ccccc34)nc21. The van der Waals surface area contributed by atoms with Gasteiger partial charge >= 0.3 is 0 Å². The zero-order valence-corrected chi connectivity index (χ0v) is 24.1. The summed E-state index contributed by atoms with van der Waals surface area (Å²) in [7, 11) is 0. The highest BCUT2D eigenvalue weighted by atomic mass is 32.1. The first-order valence-corrected chi connectivity index (χ1v) is 15.5. The van der Waals surface area contributed by atoms with E-state index in [0.717, 1.165) is 33.4 Å². The van der Waals surface area contributed by atoms with E-state index >= 15 is 0 Å². The number of thiophene rings is 1. The predicted octanol–water partition coefficient (Wildman–Crippen LogP) is 11.3. The summed E-state index contributed by atoms with van der Waals surface area (Å²) in [5.74, 6) is 0. The summed E-state index contributed by atoms with van der Waals surface area (Å²) in [6.45, 7) is 0. The Morgan fingerprint density at radius 2 is 1.33 bits per heavy atom. The van der Waals surface area contributed by atoms with E-state index in [2.05, 4.69) is 151 Å². The molecule has 2 nitrogen and oxygen atoms in total. The van der Waals surface area contributed by atoms with E-state index < -0.39 is 0 Å². The number of hydrogen-bond donors (Lipinski definition) is 1. The number of fused-ring (bicyclic) bond motifs is 7. The predicted molar refractivity (Wildman–Crippen MR) is 185 cm³/mol. The molecule has 0 radical (unpaired) electrons. The van der Waals surface area contributed by atoms with Crippen LogP contribution in [0.25, 0.3) is 70.3 Å². The van der Waals surface area contributed by atoms with Crippen molar-refractivity contribution in [3.05, 3.63) is 151 Å². The Morgan fingerprint density at radius 1 is 0.581 bits per heavy atom. The molecule has 0 saturated carbocycles. The van der Waals surface area contributed by atoms with Crippen molar-refractivity contribution in [1.82, 2.24) is 4.98 Å². The molecule has 3 heterocycles. The molecular formula is C40H26N2S. The molecule has 1 aliphatic rings. The van der Waals surface area contributed by atoms with Crippen molar-refractivity contribution in [3.8, 4) is 22.4 Å². The van der Waals surface area contributed by atoms with Crippen molar-refractivity contribution < 1.29 is 0 Å². The monoisotopic (exact) mass is 566 g/mol. The summed E-state index contributed by atoms with van der Waals surface area (Å²) in [5, 5.41) is 10.1. The van der Waals surface area contributed by atoms with Crippen LogP contribution in [0.15, 0.2) is 140 Å². The first kappa shape index (κ1) is 24.4. The van der Waals surface area contributed by atoms with Crippen LogP contribution < -0.4 is 5.32 Å². The molecule has 9 rings (SSSR count). The van der Waals surface area contributed by atoms with Gasteiger partial charge in [-0.25, -0.2) is 4.98 Å². The third-order valence-corrected chi connectivity index (χ3v) is 9.91. The summed E-state index contributed by atoms with van der Waals surface area (Å²) in [6, 6.07) is 48.1. The van der Waals surface area contributed by atoms with Crippen LogP contribution in [0.4, 0.5) is 5.69 Å². The van der Waals surface area contributed by atoms with E-state index in [1.54, 1.807) is 0 Å². The number of aromatic nitrogens is 1. The Morgan fingerprint density at radius 3 is 2.28 bits per heavy atom. The Kier molecular flexibility index (Phi) is 5.47. The fourth-order valence-electron chi connectivity index (χ4n) is 6.54. The van der Waals surface area contributed by atoms with Crippen LogP contribution in [0.3, 0.4) is 0 Å². The number of anilines is 1. The lowest BCUT2D eigenvalue weighted by Gasteiger charge is -2.24. The van der Waals surface area contributed by atoms with E-state index in [1.807, 2.05) is 11.3 Å². The molecule has 6 aromatic carbocycles.